The zero-order valence-corrected chi connectivity index (χ0v) is 22.8. The van der Waals surface area contributed by atoms with Gasteiger partial charge in [0.1, 0.15) is 5.69 Å². The summed E-state index contributed by atoms with van der Waals surface area (Å²) in [5.74, 6) is -1.46. The number of para-hydroxylation sites is 1. The van der Waals surface area contributed by atoms with Crippen molar-refractivity contribution in [3.05, 3.63) is 134 Å². The number of amides is 1. The molecule has 1 atom stereocenters. The van der Waals surface area contributed by atoms with Gasteiger partial charge in [0.15, 0.2) is 0 Å². The van der Waals surface area contributed by atoms with E-state index in [0.717, 1.165) is 10.0 Å². The Balaban J connectivity index is 1.53. The van der Waals surface area contributed by atoms with E-state index in [9.17, 15) is 19.7 Å². The normalized spacial score (nSPS) is 11.6. The first-order chi connectivity index (χ1) is 19.3. The van der Waals surface area contributed by atoms with E-state index in [1.807, 2.05) is 30.3 Å². The van der Waals surface area contributed by atoms with E-state index in [2.05, 4.69) is 21.2 Å². The number of hydrogen-bond donors (Lipinski definition) is 1. The van der Waals surface area contributed by atoms with E-state index in [-0.39, 0.29) is 16.9 Å². The molecule has 40 heavy (non-hydrogen) atoms. The van der Waals surface area contributed by atoms with Crippen LogP contribution < -0.4 is 5.32 Å². The highest BCUT2D eigenvalue weighted by atomic mass is 79.9. The molecule has 1 unspecified atom stereocenters. The van der Waals surface area contributed by atoms with E-state index in [4.69, 9.17) is 9.72 Å². The number of ether oxygens (including phenoxy) is 1. The van der Waals surface area contributed by atoms with Crippen molar-refractivity contribution < 1.29 is 19.2 Å². The second-order valence-electron chi connectivity index (χ2n) is 9.04. The van der Waals surface area contributed by atoms with Crippen molar-refractivity contribution in [1.29, 1.82) is 0 Å². The van der Waals surface area contributed by atoms with Gasteiger partial charge in [0, 0.05) is 27.1 Å². The molecule has 0 aliphatic carbocycles. The molecule has 1 aromatic heterocycles. The first-order valence-corrected chi connectivity index (χ1v) is 13.1. The minimum absolute atomic E-state index is 0.00413. The third-order valence-corrected chi connectivity index (χ3v) is 6.78. The number of anilines is 1. The molecule has 1 heterocycles. The fourth-order valence-corrected chi connectivity index (χ4v) is 4.55. The fraction of sp³-hybridized carbons (Fsp3) is 0.0645. The molecule has 4 aromatic carbocycles. The highest BCUT2D eigenvalue weighted by molar-refractivity contribution is 9.10. The number of carbonyl (C=O) groups excluding carboxylic acids is 2. The molecule has 8 nitrogen and oxygen atoms in total. The van der Waals surface area contributed by atoms with Crippen molar-refractivity contribution >= 4 is 50.1 Å². The van der Waals surface area contributed by atoms with Crippen LogP contribution in [0.1, 0.15) is 27.6 Å². The van der Waals surface area contributed by atoms with Crippen LogP contribution in [-0.4, -0.2) is 21.8 Å². The van der Waals surface area contributed by atoms with Gasteiger partial charge >= 0.3 is 5.97 Å². The number of pyridine rings is 1. The van der Waals surface area contributed by atoms with Crippen LogP contribution in [0.2, 0.25) is 0 Å². The lowest BCUT2D eigenvalue weighted by atomic mass is 10.0. The van der Waals surface area contributed by atoms with Gasteiger partial charge in [0.2, 0.25) is 6.10 Å². The van der Waals surface area contributed by atoms with Crippen LogP contribution in [-0.2, 0) is 9.53 Å². The van der Waals surface area contributed by atoms with Gasteiger partial charge < -0.3 is 10.1 Å². The molecule has 0 saturated heterocycles. The van der Waals surface area contributed by atoms with Crippen molar-refractivity contribution in [3.8, 4) is 11.3 Å². The zero-order valence-electron chi connectivity index (χ0n) is 21.2. The lowest BCUT2D eigenvalue weighted by Crippen LogP contribution is -2.26. The summed E-state index contributed by atoms with van der Waals surface area (Å²) in [7, 11) is 0. The average Bonchev–Trinajstić information content (AvgIpc) is 2.96. The lowest BCUT2D eigenvalue weighted by Gasteiger charge is -2.19. The SMILES string of the molecule is Cc1ccc(NC(=O)C(OC(=O)c2cc(-c3ccc(Br)cc3)nc3ccccc23)c2ccccc2)c([N+](=O)[O-])c1. The molecule has 198 valence electrons. The number of aromatic nitrogens is 1. The number of aryl methyl sites for hydroxylation is 1. The van der Waals surface area contributed by atoms with Gasteiger partial charge in [-0.25, -0.2) is 9.78 Å². The largest absolute Gasteiger partial charge is 0.444 e. The first kappa shape index (κ1) is 26.7. The van der Waals surface area contributed by atoms with Crippen LogP contribution >= 0.6 is 15.9 Å². The maximum absolute atomic E-state index is 13.7. The average molecular weight is 596 g/mol. The monoisotopic (exact) mass is 595 g/mol. The first-order valence-electron chi connectivity index (χ1n) is 12.3. The molecule has 0 bridgehead atoms. The molecule has 1 N–H and O–H groups in total. The number of rotatable bonds is 7. The van der Waals surface area contributed by atoms with Crippen LogP contribution in [0.15, 0.2) is 108 Å². The standard InChI is InChI=1S/C31H22BrN3O5/c1-19-11-16-26(28(17-19)35(38)39)34-30(36)29(21-7-3-2-4-8-21)40-31(37)24-18-27(20-12-14-22(32)15-13-20)33-25-10-6-5-9-23(24)25/h2-18,29H,1H3,(H,34,36). The number of benzene rings is 4. The predicted octanol–water partition coefficient (Wildman–Crippen LogP) is 7.42. The molecule has 1 amide bonds. The molecule has 5 rings (SSSR count). The Morgan fingerprint density at radius 1 is 0.925 bits per heavy atom. The van der Waals surface area contributed by atoms with Crippen LogP contribution in [0.5, 0.6) is 0 Å². The zero-order chi connectivity index (χ0) is 28.2. The van der Waals surface area contributed by atoms with E-state index in [0.29, 0.717) is 27.7 Å². The summed E-state index contributed by atoms with van der Waals surface area (Å²) in [4.78, 5) is 43.0. The minimum Gasteiger partial charge on any atom is -0.444 e. The molecule has 0 radical (unpaired) electrons. The molecular formula is C31H22BrN3O5. The summed E-state index contributed by atoms with van der Waals surface area (Å²) in [5, 5.41) is 14.8. The summed E-state index contributed by atoms with van der Waals surface area (Å²) in [6, 6.07) is 29.3. The van der Waals surface area contributed by atoms with E-state index in [1.54, 1.807) is 67.6 Å². The highest BCUT2D eigenvalue weighted by Gasteiger charge is 2.29. The third-order valence-electron chi connectivity index (χ3n) is 6.25. The van der Waals surface area contributed by atoms with E-state index >= 15 is 0 Å². The molecule has 9 heteroatoms. The lowest BCUT2D eigenvalue weighted by molar-refractivity contribution is -0.384. The molecule has 0 aliphatic heterocycles. The van der Waals surface area contributed by atoms with Gasteiger partial charge in [0.05, 0.1) is 21.7 Å². The molecule has 0 fully saturated rings. The van der Waals surface area contributed by atoms with Crippen molar-refractivity contribution in [2.45, 2.75) is 13.0 Å². The van der Waals surface area contributed by atoms with Crippen LogP contribution in [0.25, 0.3) is 22.2 Å². The van der Waals surface area contributed by atoms with Crippen molar-refractivity contribution in [3.63, 3.8) is 0 Å². The second-order valence-corrected chi connectivity index (χ2v) is 9.96. The number of nitro benzene ring substituents is 1. The van der Waals surface area contributed by atoms with Gasteiger partial charge in [-0.2, -0.15) is 0 Å². The number of nitrogens with one attached hydrogen (secondary N) is 1. The Morgan fingerprint density at radius 3 is 2.35 bits per heavy atom. The van der Waals surface area contributed by atoms with Gasteiger partial charge in [0.25, 0.3) is 11.6 Å². The smallest absolute Gasteiger partial charge is 0.340 e. The van der Waals surface area contributed by atoms with Gasteiger partial charge in [-0.3, -0.25) is 14.9 Å². The van der Waals surface area contributed by atoms with Crippen molar-refractivity contribution in [2.24, 2.45) is 0 Å². The number of nitro groups is 1. The number of fused-ring (bicyclic) bond motifs is 1. The van der Waals surface area contributed by atoms with E-state index in [1.165, 1.54) is 12.1 Å². The van der Waals surface area contributed by atoms with Crippen LogP contribution in [0.4, 0.5) is 11.4 Å². The quantitative estimate of drug-likeness (QED) is 0.119. The van der Waals surface area contributed by atoms with Gasteiger partial charge in [-0.1, -0.05) is 82.7 Å². The number of nitrogens with zero attached hydrogens (tertiary/aromatic N) is 2. The fourth-order valence-electron chi connectivity index (χ4n) is 4.28. The molecule has 0 spiro atoms. The Hall–Kier alpha value is -4.89. The van der Waals surface area contributed by atoms with Gasteiger partial charge in [-0.15, -0.1) is 0 Å². The topological polar surface area (TPSA) is 111 Å². The number of hydrogen-bond acceptors (Lipinski definition) is 6. The number of carbonyl (C=O) groups is 2. The number of esters is 1. The summed E-state index contributed by atoms with van der Waals surface area (Å²) in [5.41, 5.74) is 3.01. The van der Waals surface area contributed by atoms with Gasteiger partial charge in [-0.05, 0) is 42.8 Å². The Morgan fingerprint density at radius 2 is 1.62 bits per heavy atom. The second kappa shape index (κ2) is 11.5. The molecule has 0 aliphatic rings. The Labute approximate surface area is 237 Å². The minimum atomic E-state index is -1.38. The maximum atomic E-state index is 13.7. The molecular weight excluding hydrogens is 574 g/mol. The summed E-state index contributed by atoms with van der Waals surface area (Å²) < 4.78 is 6.75. The predicted molar refractivity (Wildman–Crippen MR) is 156 cm³/mol. The number of halogens is 1. The summed E-state index contributed by atoms with van der Waals surface area (Å²) >= 11 is 3.43. The summed E-state index contributed by atoms with van der Waals surface area (Å²) in [6.07, 6.45) is -1.38. The van der Waals surface area contributed by atoms with Crippen molar-refractivity contribution in [1.82, 2.24) is 4.98 Å². The maximum Gasteiger partial charge on any atom is 0.340 e. The molecule has 5 aromatic rings. The van der Waals surface area contributed by atoms with Crippen molar-refractivity contribution in [2.75, 3.05) is 5.32 Å². The highest BCUT2D eigenvalue weighted by Crippen LogP contribution is 2.30. The molecule has 0 saturated carbocycles. The van der Waals surface area contributed by atoms with E-state index < -0.39 is 22.9 Å². The Kier molecular flexibility index (Phi) is 7.65. The Bertz CT molecular complexity index is 1740. The summed E-state index contributed by atoms with van der Waals surface area (Å²) in [6.45, 7) is 1.72. The van der Waals surface area contributed by atoms with Crippen LogP contribution in [0, 0.1) is 17.0 Å². The van der Waals surface area contributed by atoms with Crippen LogP contribution in [0.3, 0.4) is 0 Å². The third kappa shape index (κ3) is 5.74.